The minimum Gasteiger partial charge on any atom is -0.169 e. The molecule has 74 valence electrons. The van der Waals surface area contributed by atoms with Crippen LogP contribution in [0.25, 0.3) is 0 Å². The molecule has 1 aromatic rings. The third-order valence-corrected chi connectivity index (χ3v) is 4.67. The zero-order valence-electron chi connectivity index (χ0n) is 6.45. The second-order valence-corrected chi connectivity index (χ2v) is 5.53. The third-order valence-electron chi connectivity index (χ3n) is 1.35. The smallest absolute Gasteiger partial charge is 0.169 e. The minimum absolute atomic E-state index is 0.269. The van der Waals surface area contributed by atoms with Gasteiger partial charge in [-0.25, -0.2) is 0 Å². The normalized spacial score (nSPS) is 14.6. The molecule has 0 saturated heterocycles. The second-order valence-electron chi connectivity index (χ2n) is 2.47. The van der Waals surface area contributed by atoms with E-state index in [2.05, 4.69) is 31.9 Å². The summed E-state index contributed by atoms with van der Waals surface area (Å²) in [7, 11) is 0. The highest BCUT2D eigenvalue weighted by Crippen LogP contribution is 2.45. The first-order valence-electron chi connectivity index (χ1n) is 3.29. The van der Waals surface area contributed by atoms with Gasteiger partial charge in [-0.15, -0.1) is 11.3 Å². The summed E-state index contributed by atoms with van der Waals surface area (Å²) in [4.78, 5) is -0.450. The average Bonchev–Trinajstić information content (AvgIpc) is 2.26. The topological polar surface area (TPSA) is 0 Å². The average molecular weight is 338 g/mol. The van der Waals surface area contributed by atoms with Crippen LogP contribution in [0.1, 0.15) is 14.6 Å². The van der Waals surface area contributed by atoms with Crippen molar-refractivity contribution in [1.82, 2.24) is 0 Å². The van der Waals surface area contributed by atoms with Gasteiger partial charge >= 0.3 is 6.18 Å². The van der Waals surface area contributed by atoms with Crippen LogP contribution in [-0.4, -0.2) is 6.18 Å². The maximum absolute atomic E-state index is 12.3. The molecular weight excluding hydrogens is 333 g/mol. The molecule has 0 aromatic carbocycles. The summed E-state index contributed by atoms with van der Waals surface area (Å²) in [6, 6.07) is 1.68. The summed E-state index contributed by atoms with van der Waals surface area (Å²) in [5, 5.41) is 0. The van der Waals surface area contributed by atoms with Crippen molar-refractivity contribution in [3.8, 4) is 0 Å². The second kappa shape index (κ2) is 3.90. The Bertz CT molecular complexity index is 305. The lowest BCUT2D eigenvalue weighted by atomic mass is 10.3. The quantitative estimate of drug-likeness (QED) is 0.645. The van der Waals surface area contributed by atoms with Crippen LogP contribution < -0.4 is 0 Å². The highest BCUT2D eigenvalue weighted by atomic mass is 79.9. The molecular formula is C7H5Br2F3S. The Balaban J connectivity index is 3.01. The standard InChI is InChI=1S/C7H5Br2F3S/c1-3-2-4(8)5(13-3)6(9)7(10,11)12/h2,6H,1H3. The van der Waals surface area contributed by atoms with Crippen LogP contribution in [0.3, 0.4) is 0 Å². The Morgan fingerprint density at radius 1 is 1.46 bits per heavy atom. The summed E-state index contributed by atoms with van der Waals surface area (Å²) in [6.45, 7) is 1.77. The largest absolute Gasteiger partial charge is 0.406 e. The summed E-state index contributed by atoms with van der Waals surface area (Å²) >= 11 is 6.85. The zero-order chi connectivity index (χ0) is 10.2. The van der Waals surface area contributed by atoms with Crippen LogP contribution >= 0.6 is 43.2 Å². The van der Waals surface area contributed by atoms with Crippen molar-refractivity contribution in [3.05, 3.63) is 20.3 Å². The van der Waals surface area contributed by atoms with Crippen molar-refractivity contribution >= 4 is 43.2 Å². The Labute approximate surface area is 94.4 Å². The van der Waals surface area contributed by atoms with Crippen molar-refractivity contribution in [1.29, 1.82) is 0 Å². The van der Waals surface area contributed by atoms with E-state index in [-0.39, 0.29) is 4.88 Å². The molecule has 13 heavy (non-hydrogen) atoms. The van der Waals surface area contributed by atoms with Crippen LogP contribution in [-0.2, 0) is 0 Å². The molecule has 0 nitrogen and oxygen atoms in total. The van der Waals surface area contributed by atoms with E-state index in [4.69, 9.17) is 0 Å². The van der Waals surface area contributed by atoms with Gasteiger partial charge in [0.1, 0.15) is 4.83 Å². The van der Waals surface area contributed by atoms with Gasteiger partial charge in [0.2, 0.25) is 0 Å². The van der Waals surface area contributed by atoms with Gasteiger partial charge in [0.25, 0.3) is 0 Å². The first kappa shape index (κ1) is 11.5. The molecule has 6 heteroatoms. The van der Waals surface area contributed by atoms with Crippen molar-refractivity contribution in [2.75, 3.05) is 0 Å². The molecule has 0 saturated carbocycles. The minimum atomic E-state index is -4.24. The Morgan fingerprint density at radius 2 is 2.00 bits per heavy atom. The molecule has 1 atom stereocenters. The van der Waals surface area contributed by atoms with Crippen LogP contribution in [0.2, 0.25) is 0 Å². The van der Waals surface area contributed by atoms with E-state index in [1.54, 1.807) is 13.0 Å². The lowest BCUT2D eigenvalue weighted by Gasteiger charge is -2.12. The predicted molar refractivity (Wildman–Crippen MR) is 54.5 cm³/mol. The van der Waals surface area contributed by atoms with Gasteiger partial charge in [-0.1, -0.05) is 15.9 Å². The van der Waals surface area contributed by atoms with Gasteiger partial charge in [-0.05, 0) is 28.9 Å². The molecule has 0 spiro atoms. The first-order chi connectivity index (χ1) is 5.82. The third kappa shape index (κ3) is 2.70. The molecule has 1 unspecified atom stereocenters. The van der Waals surface area contributed by atoms with E-state index in [0.717, 1.165) is 16.2 Å². The molecule has 0 aliphatic carbocycles. The molecule has 0 N–H and O–H groups in total. The Hall–Kier alpha value is 0.450. The molecule has 0 radical (unpaired) electrons. The van der Waals surface area contributed by atoms with Gasteiger partial charge in [-0.3, -0.25) is 0 Å². The summed E-state index contributed by atoms with van der Waals surface area (Å²) in [5.74, 6) is 0. The Morgan fingerprint density at radius 3 is 2.31 bits per heavy atom. The van der Waals surface area contributed by atoms with E-state index in [1.807, 2.05) is 0 Å². The monoisotopic (exact) mass is 336 g/mol. The van der Waals surface area contributed by atoms with E-state index in [9.17, 15) is 13.2 Å². The van der Waals surface area contributed by atoms with E-state index in [0.29, 0.717) is 4.47 Å². The molecule has 0 fully saturated rings. The number of halogens is 5. The van der Waals surface area contributed by atoms with Gasteiger partial charge in [0.05, 0.1) is 0 Å². The number of hydrogen-bond acceptors (Lipinski definition) is 1. The van der Waals surface area contributed by atoms with Crippen LogP contribution in [0, 0.1) is 6.92 Å². The molecule has 1 heterocycles. The number of rotatable bonds is 1. The van der Waals surface area contributed by atoms with Crippen LogP contribution in [0.5, 0.6) is 0 Å². The predicted octanol–water partition coefficient (Wildman–Crippen LogP) is 4.82. The highest BCUT2D eigenvalue weighted by Gasteiger charge is 2.40. The Kier molecular flexibility index (Phi) is 3.46. The van der Waals surface area contributed by atoms with Gasteiger partial charge in [-0.2, -0.15) is 13.2 Å². The summed E-state index contributed by atoms with van der Waals surface area (Å²) in [5.41, 5.74) is 0. The molecule has 0 aliphatic heterocycles. The molecule has 1 aromatic heterocycles. The van der Waals surface area contributed by atoms with Crippen molar-refractivity contribution in [2.45, 2.75) is 17.9 Å². The number of thiophene rings is 1. The highest BCUT2D eigenvalue weighted by molar-refractivity contribution is 9.11. The molecule has 0 amide bonds. The zero-order valence-corrected chi connectivity index (χ0v) is 10.4. The fourth-order valence-corrected chi connectivity index (χ4v) is 3.54. The van der Waals surface area contributed by atoms with Crippen molar-refractivity contribution < 1.29 is 13.2 Å². The summed E-state index contributed by atoms with van der Waals surface area (Å²) < 4.78 is 37.3. The number of hydrogen-bond donors (Lipinski definition) is 0. The molecule has 1 rings (SSSR count). The maximum atomic E-state index is 12.3. The fraction of sp³-hybridized carbons (Fsp3) is 0.429. The van der Waals surface area contributed by atoms with E-state index >= 15 is 0 Å². The van der Waals surface area contributed by atoms with Gasteiger partial charge in [0.15, 0.2) is 0 Å². The van der Waals surface area contributed by atoms with Crippen LogP contribution in [0.15, 0.2) is 10.5 Å². The first-order valence-corrected chi connectivity index (χ1v) is 5.81. The SMILES string of the molecule is Cc1cc(Br)c(C(Br)C(F)(F)F)s1. The fourth-order valence-electron chi connectivity index (χ4n) is 0.823. The van der Waals surface area contributed by atoms with Gasteiger partial charge in [0, 0.05) is 14.2 Å². The number of alkyl halides is 4. The molecule has 0 aliphatic rings. The molecule has 0 bridgehead atoms. The van der Waals surface area contributed by atoms with Gasteiger partial charge < -0.3 is 0 Å². The lowest BCUT2D eigenvalue weighted by Crippen LogP contribution is -2.14. The van der Waals surface area contributed by atoms with Crippen LogP contribution in [0.4, 0.5) is 13.2 Å². The van der Waals surface area contributed by atoms with E-state index in [1.165, 1.54) is 0 Å². The van der Waals surface area contributed by atoms with E-state index < -0.39 is 11.0 Å². The summed E-state index contributed by atoms with van der Waals surface area (Å²) in [6.07, 6.45) is -4.24. The number of aryl methyl sites for hydroxylation is 1. The maximum Gasteiger partial charge on any atom is 0.406 e. The lowest BCUT2D eigenvalue weighted by molar-refractivity contribution is -0.127. The van der Waals surface area contributed by atoms with Crippen molar-refractivity contribution in [2.24, 2.45) is 0 Å². The van der Waals surface area contributed by atoms with Crippen molar-refractivity contribution in [3.63, 3.8) is 0 Å².